The smallest absolute Gasteiger partial charge is 0.232 e. The van der Waals surface area contributed by atoms with Crippen LogP contribution in [-0.4, -0.2) is 22.4 Å². The Morgan fingerprint density at radius 1 is 1.50 bits per heavy atom. The summed E-state index contributed by atoms with van der Waals surface area (Å²) in [5, 5.41) is 11.4. The van der Waals surface area contributed by atoms with Gasteiger partial charge in [-0.15, -0.1) is 0 Å². The molecule has 96 valence electrons. The van der Waals surface area contributed by atoms with E-state index in [9.17, 15) is 9.00 Å². The minimum Gasteiger partial charge on any atom is -0.355 e. The second kappa shape index (κ2) is 7.62. The third-order valence-electron chi connectivity index (χ3n) is 2.25. The maximum atomic E-state index is 11.8. The molecular weight excluding hydrogens is 248 g/mol. The fourth-order valence-corrected chi connectivity index (χ4v) is 2.48. The van der Waals surface area contributed by atoms with Gasteiger partial charge in [0.25, 0.3) is 0 Å². The van der Waals surface area contributed by atoms with Crippen molar-refractivity contribution >= 4 is 16.7 Å². The van der Waals surface area contributed by atoms with Gasteiger partial charge >= 0.3 is 0 Å². The first-order valence-corrected chi connectivity index (χ1v) is 7.25. The molecule has 1 rings (SSSR count). The Hall–Kier alpha value is -1.67. The number of nitrogens with zero attached hydrogens (tertiary/aromatic N) is 1. The van der Waals surface area contributed by atoms with Gasteiger partial charge in [-0.3, -0.25) is 9.00 Å². The van der Waals surface area contributed by atoms with Crippen LogP contribution in [0, 0.1) is 11.3 Å². The third-order valence-corrected chi connectivity index (χ3v) is 3.49. The lowest BCUT2D eigenvalue weighted by Gasteiger charge is -2.04. The maximum absolute atomic E-state index is 11.8. The lowest BCUT2D eigenvalue weighted by Crippen LogP contribution is -2.29. The van der Waals surface area contributed by atoms with E-state index in [4.69, 9.17) is 5.26 Å². The summed E-state index contributed by atoms with van der Waals surface area (Å²) in [5.74, 6) is 0.123. The highest BCUT2D eigenvalue weighted by Crippen LogP contribution is 2.07. The van der Waals surface area contributed by atoms with E-state index in [2.05, 4.69) is 5.32 Å². The summed E-state index contributed by atoms with van der Waals surface area (Å²) in [4.78, 5) is 11.4. The molecule has 1 aromatic carbocycles. The van der Waals surface area contributed by atoms with Gasteiger partial charge in [-0.05, 0) is 24.1 Å². The fourth-order valence-electron chi connectivity index (χ4n) is 1.43. The molecule has 1 N–H and O–H groups in total. The second-order valence-corrected chi connectivity index (χ2v) is 5.35. The zero-order chi connectivity index (χ0) is 13.4. The van der Waals surface area contributed by atoms with Crippen molar-refractivity contribution in [1.29, 1.82) is 5.26 Å². The fraction of sp³-hybridized carbons (Fsp3) is 0.385. The predicted molar refractivity (Wildman–Crippen MR) is 71.2 cm³/mol. The largest absolute Gasteiger partial charge is 0.355 e. The molecule has 0 aromatic heterocycles. The molecule has 0 saturated carbocycles. The summed E-state index contributed by atoms with van der Waals surface area (Å²) >= 11 is 0. The highest BCUT2D eigenvalue weighted by Gasteiger charge is 2.08. The molecule has 1 unspecified atom stereocenters. The SMILES string of the molecule is CCCNC(=O)CS(=O)Cc1cccc(C#N)c1. The minimum absolute atomic E-state index is 0.0107. The molecule has 18 heavy (non-hydrogen) atoms. The van der Waals surface area contributed by atoms with Crippen molar-refractivity contribution in [3.05, 3.63) is 35.4 Å². The molecule has 0 radical (unpaired) electrons. The van der Waals surface area contributed by atoms with Gasteiger partial charge in [-0.25, -0.2) is 0 Å². The summed E-state index contributed by atoms with van der Waals surface area (Å²) < 4.78 is 11.8. The van der Waals surface area contributed by atoms with E-state index in [-0.39, 0.29) is 11.7 Å². The molecule has 4 nitrogen and oxygen atoms in total. The molecule has 0 saturated heterocycles. The van der Waals surface area contributed by atoms with E-state index in [1.54, 1.807) is 18.2 Å². The Bertz CT molecular complexity index is 480. The maximum Gasteiger partial charge on any atom is 0.232 e. The molecule has 0 spiro atoms. The molecule has 1 amide bonds. The lowest BCUT2D eigenvalue weighted by molar-refractivity contribution is -0.118. The average molecular weight is 264 g/mol. The topological polar surface area (TPSA) is 70.0 Å². The molecule has 0 aliphatic heterocycles. The van der Waals surface area contributed by atoms with Crippen molar-refractivity contribution in [2.24, 2.45) is 0 Å². The number of carbonyl (C=O) groups excluding carboxylic acids is 1. The third kappa shape index (κ3) is 5.11. The minimum atomic E-state index is -1.24. The van der Waals surface area contributed by atoms with Crippen LogP contribution >= 0.6 is 0 Å². The van der Waals surface area contributed by atoms with E-state index < -0.39 is 10.8 Å². The molecule has 1 atom stereocenters. The van der Waals surface area contributed by atoms with Crippen LogP contribution in [0.3, 0.4) is 0 Å². The van der Waals surface area contributed by atoms with Crippen molar-refractivity contribution in [3.8, 4) is 6.07 Å². The zero-order valence-corrected chi connectivity index (χ0v) is 11.1. The Kier molecular flexibility index (Phi) is 6.09. The van der Waals surface area contributed by atoms with Gasteiger partial charge in [0.2, 0.25) is 5.91 Å². The van der Waals surface area contributed by atoms with Crippen LogP contribution in [0.25, 0.3) is 0 Å². The second-order valence-electron chi connectivity index (χ2n) is 3.89. The Labute approximate surface area is 109 Å². The molecule has 0 heterocycles. The molecule has 0 fully saturated rings. The first kappa shape index (κ1) is 14.4. The number of benzene rings is 1. The number of rotatable bonds is 6. The van der Waals surface area contributed by atoms with E-state index in [1.165, 1.54) is 0 Å². The van der Waals surface area contributed by atoms with Gasteiger partial charge < -0.3 is 5.32 Å². The van der Waals surface area contributed by atoms with Crippen molar-refractivity contribution in [2.75, 3.05) is 12.3 Å². The first-order chi connectivity index (χ1) is 8.65. The Morgan fingerprint density at radius 2 is 2.28 bits per heavy atom. The zero-order valence-electron chi connectivity index (χ0n) is 10.3. The van der Waals surface area contributed by atoms with Crippen LogP contribution in [0.15, 0.2) is 24.3 Å². The summed E-state index contributed by atoms with van der Waals surface area (Å²) in [6, 6.07) is 8.98. The Balaban J connectivity index is 2.49. The lowest BCUT2D eigenvalue weighted by atomic mass is 10.2. The monoisotopic (exact) mass is 264 g/mol. The molecule has 0 aliphatic carbocycles. The van der Waals surface area contributed by atoms with Crippen LogP contribution in [0.2, 0.25) is 0 Å². The highest BCUT2D eigenvalue weighted by atomic mass is 32.2. The van der Waals surface area contributed by atoms with Crippen molar-refractivity contribution < 1.29 is 9.00 Å². The summed E-state index contributed by atoms with van der Waals surface area (Å²) in [7, 11) is -1.24. The first-order valence-electron chi connectivity index (χ1n) is 5.76. The van der Waals surface area contributed by atoms with Crippen molar-refractivity contribution in [3.63, 3.8) is 0 Å². The quantitative estimate of drug-likeness (QED) is 0.842. The molecule has 5 heteroatoms. The van der Waals surface area contributed by atoms with Gasteiger partial charge in [0, 0.05) is 23.1 Å². The molecule has 1 aromatic rings. The van der Waals surface area contributed by atoms with Crippen molar-refractivity contribution in [1.82, 2.24) is 5.32 Å². The van der Waals surface area contributed by atoms with Gasteiger partial charge in [-0.1, -0.05) is 19.1 Å². The van der Waals surface area contributed by atoms with E-state index in [0.29, 0.717) is 17.9 Å². The van der Waals surface area contributed by atoms with E-state index in [1.807, 2.05) is 19.1 Å². The number of hydrogen-bond acceptors (Lipinski definition) is 3. The number of nitriles is 1. The standard InChI is InChI=1S/C13H16N2O2S/c1-2-6-15-13(16)10-18(17)9-12-5-3-4-11(7-12)8-14/h3-5,7H,2,6,9-10H2,1H3,(H,15,16). The van der Waals surface area contributed by atoms with Gasteiger partial charge in [-0.2, -0.15) is 5.26 Å². The molecular formula is C13H16N2O2S. The van der Waals surface area contributed by atoms with Crippen LogP contribution in [0.5, 0.6) is 0 Å². The van der Waals surface area contributed by atoms with Crippen LogP contribution in [-0.2, 0) is 21.3 Å². The van der Waals surface area contributed by atoms with Crippen LogP contribution < -0.4 is 5.32 Å². The normalized spacial score (nSPS) is 11.6. The summed E-state index contributed by atoms with van der Waals surface area (Å²) in [6.45, 7) is 2.57. The number of carbonyl (C=O) groups is 1. The van der Waals surface area contributed by atoms with E-state index >= 15 is 0 Å². The predicted octanol–water partition coefficient (Wildman–Crippen LogP) is 1.33. The summed E-state index contributed by atoms with van der Waals surface area (Å²) in [5.41, 5.74) is 1.36. The number of amides is 1. The Morgan fingerprint density at radius 3 is 2.94 bits per heavy atom. The van der Waals surface area contributed by atoms with Crippen LogP contribution in [0.1, 0.15) is 24.5 Å². The van der Waals surface area contributed by atoms with Crippen LogP contribution in [0.4, 0.5) is 0 Å². The van der Waals surface area contributed by atoms with Gasteiger partial charge in [0.15, 0.2) is 0 Å². The van der Waals surface area contributed by atoms with Gasteiger partial charge in [0.1, 0.15) is 5.75 Å². The molecule has 0 bridgehead atoms. The average Bonchev–Trinajstić information content (AvgIpc) is 2.36. The number of nitrogens with one attached hydrogen (secondary N) is 1. The summed E-state index contributed by atoms with van der Waals surface area (Å²) in [6.07, 6.45) is 0.864. The highest BCUT2D eigenvalue weighted by molar-refractivity contribution is 7.84. The number of hydrogen-bond donors (Lipinski definition) is 1. The molecule has 0 aliphatic rings. The van der Waals surface area contributed by atoms with E-state index in [0.717, 1.165) is 12.0 Å². The van der Waals surface area contributed by atoms with Gasteiger partial charge in [0.05, 0.1) is 11.6 Å². The van der Waals surface area contributed by atoms with Crippen molar-refractivity contribution in [2.45, 2.75) is 19.1 Å².